The van der Waals surface area contributed by atoms with Gasteiger partial charge in [-0.1, -0.05) is 45.1 Å². The van der Waals surface area contributed by atoms with E-state index in [1.54, 1.807) is 0 Å². The lowest BCUT2D eigenvalue weighted by Gasteiger charge is -2.36. The minimum Gasteiger partial charge on any atom is -0.296 e. The van der Waals surface area contributed by atoms with Gasteiger partial charge in [-0.05, 0) is 56.8 Å². The molecule has 0 N–H and O–H groups in total. The van der Waals surface area contributed by atoms with Crippen LogP contribution in [0.5, 0.6) is 0 Å². The zero-order valence-electron chi connectivity index (χ0n) is 14.7. The van der Waals surface area contributed by atoms with E-state index in [0.717, 1.165) is 5.25 Å². The summed E-state index contributed by atoms with van der Waals surface area (Å²) in [5.74, 6) is 0. The van der Waals surface area contributed by atoms with Crippen molar-refractivity contribution < 1.29 is 0 Å². The van der Waals surface area contributed by atoms with Crippen LogP contribution in [0.3, 0.4) is 0 Å². The van der Waals surface area contributed by atoms with E-state index >= 15 is 0 Å². The fourth-order valence-electron chi connectivity index (χ4n) is 4.01. The zero-order valence-corrected chi connectivity index (χ0v) is 15.5. The van der Waals surface area contributed by atoms with Gasteiger partial charge in [0.1, 0.15) is 0 Å². The largest absolute Gasteiger partial charge is 0.296 e. The second kappa shape index (κ2) is 9.08. The molecule has 1 aromatic heterocycles. The van der Waals surface area contributed by atoms with Crippen LogP contribution < -0.4 is 0 Å². The topological polar surface area (TPSA) is 16.1 Å². The number of thioether (sulfide) groups is 1. The third kappa shape index (κ3) is 4.96. The summed E-state index contributed by atoms with van der Waals surface area (Å²) in [6, 6.07) is 5.24. The molecule has 0 spiro atoms. The van der Waals surface area contributed by atoms with Crippen molar-refractivity contribution in [3.05, 3.63) is 23.9 Å². The molecule has 3 rings (SSSR count). The Hall–Kier alpha value is -0.540. The SMILES string of the molecule is CCCCN1CCCCC1c1ccc(SC2CCCCC2)nc1. The van der Waals surface area contributed by atoms with Gasteiger partial charge in [0.25, 0.3) is 0 Å². The monoisotopic (exact) mass is 332 g/mol. The lowest BCUT2D eigenvalue weighted by molar-refractivity contribution is 0.146. The Labute approximate surface area is 146 Å². The molecule has 2 fully saturated rings. The molecule has 1 aromatic rings. The molecule has 23 heavy (non-hydrogen) atoms. The molecule has 0 bridgehead atoms. The number of unbranched alkanes of at least 4 members (excludes halogenated alkanes) is 1. The van der Waals surface area contributed by atoms with Crippen LogP contribution >= 0.6 is 11.8 Å². The highest BCUT2D eigenvalue weighted by atomic mass is 32.2. The standard InChI is InChI=1S/C20H32N2S/c1-2-3-14-22-15-8-7-11-19(22)17-12-13-20(21-16-17)23-18-9-5-4-6-10-18/h12-13,16,18-19H,2-11,14-15H2,1H3. The predicted octanol–water partition coefficient (Wildman–Crippen LogP) is 5.83. The van der Waals surface area contributed by atoms with Gasteiger partial charge in [-0.3, -0.25) is 4.90 Å². The number of hydrogen-bond donors (Lipinski definition) is 0. The molecule has 1 unspecified atom stereocenters. The van der Waals surface area contributed by atoms with Crippen molar-refractivity contribution in [2.45, 2.75) is 87.4 Å². The Morgan fingerprint density at radius 2 is 1.91 bits per heavy atom. The maximum atomic E-state index is 4.80. The summed E-state index contributed by atoms with van der Waals surface area (Å²) in [7, 11) is 0. The molecule has 1 aliphatic carbocycles. The van der Waals surface area contributed by atoms with Crippen molar-refractivity contribution in [3.63, 3.8) is 0 Å². The Morgan fingerprint density at radius 1 is 1.09 bits per heavy atom. The molecule has 2 nitrogen and oxygen atoms in total. The number of piperidine rings is 1. The highest BCUT2D eigenvalue weighted by Crippen LogP contribution is 2.34. The number of nitrogens with zero attached hydrogens (tertiary/aromatic N) is 2. The number of likely N-dealkylation sites (tertiary alicyclic amines) is 1. The smallest absolute Gasteiger partial charge is 0.0962 e. The Morgan fingerprint density at radius 3 is 2.65 bits per heavy atom. The molecule has 1 saturated heterocycles. The third-order valence-corrected chi connectivity index (χ3v) is 6.68. The van der Waals surface area contributed by atoms with E-state index in [-0.39, 0.29) is 0 Å². The maximum absolute atomic E-state index is 4.80. The summed E-state index contributed by atoms with van der Waals surface area (Å²) in [6.07, 6.45) is 15.8. The van der Waals surface area contributed by atoms with E-state index in [9.17, 15) is 0 Å². The van der Waals surface area contributed by atoms with Gasteiger partial charge >= 0.3 is 0 Å². The lowest BCUT2D eigenvalue weighted by atomic mass is 9.96. The van der Waals surface area contributed by atoms with Crippen LogP contribution in [0.15, 0.2) is 23.4 Å². The summed E-state index contributed by atoms with van der Waals surface area (Å²) >= 11 is 2.01. The molecule has 2 aliphatic rings. The molecule has 1 saturated carbocycles. The van der Waals surface area contributed by atoms with Crippen LogP contribution in [0.2, 0.25) is 0 Å². The van der Waals surface area contributed by atoms with Gasteiger partial charge in [-0.15, -0.1) is 11.8 Å². The van der Waals surface area contributed by atoms with Gasteiger partial charge in [0.15, 0.2) is 0 Å². The Bertz CT molecular complexity index is 453. The van der Waals surface area contributed by atoms with E-state index in [1.165, 1.54) is 87.9 Å². The first-order valence-electron chi connectivity index (χ1n) is 9.73. The fraction of sp³-hybridized carbons (Fsp3) is 0.750. The second-order valence-corrected chi connectivity index (χ2v) is 8.53. The first-order chi connectivity index (χ1) is 11.4. The normalized spacial score (nSPS) is 24.0. The number of pyridine rings is 1. The number of aromatic nitrogens is 1. The van der Waals surface area contributed by atoms with Crippen molar-refractivity contribution in [1.29, 1.82) is 0 Å². The van der Waals surface area contributed by atoms with E-state index in [2.05, 4.69) is 30.2 Å². The molecule has 0 radical (unpaired) electrons. The van der Waals surface area contributed by atoms with Crippen molar-refractivity contribution in [1.82, 2.24) is 9.88 Å². The van der Waals surface area contributed by atoms with Gasteiger partial charge in [0.2, 0.25) is 0 Å². The quantitative estimate of drug-likeness (QED) is 0.651. The second-order valence-electron chi connectivity index (χ2n) is 7.21. The summed E-state index contributed by atoms with van der Waals surface area (Å²) in [5.41, 5.74) is 1.44. The van der Waals surface area contributed by atoms with E-state index < -0.39 is 0 Å². The Balaban J connectivity index is 1.60. The van der Waals surface area contributed by atoms with Gasteiger partial charge < -0.3 is 0 Å². The minimum atomic E-state index is 0.608. The molecule has 0 amide bonds. The van der Waals surface area contributed by atoms with E-state index in [0.29, 0.717) is 6.04 Å². The van der Waals surface area contributed by atoms with Crippen LogP contribution in [0, 0.1) is 0 Å². The van der Waals surface area contributed by atoms with Gasteiger partial charge in [0, 0.05) is 17.5 Å². The summed E-state index contributed by atoms with van der Waals surface area (Å²) in [5, 5.41) is 2.04. The highest BCUT2D eigenvalue weighted by Gasteiger charge is 2.23. The lowest BCUT2D eigenvalue weighted by Crippen LogP contribution is -2.34. The summed E-state index contributed by atoms with van der Waals surface area (Å²) in [4.78, 5) is 7.49. The van der Waals surface area contributed by atoms with Crippen LogP contribution in [0.4, 0.5) is 0 Å². The fourth-order valence-corrected chi connectivity index (χ4v) is 5.18. The van der Waals surface area contributed by atoms with E-state index in [4.69, 9.17) is 4.98 Å². The van der Waals surface area contributed by atoms with Crippen LogP contribution in [0.1, 0.15) is 82.7 Å². The van der Waals surface area contributed by atoms with Gasteiger partial charge in [-0.25, -0.2) is 4.98 Å². The minimum absolute atomic E-state index is 0.608. The van der Waals surface area contributed by atoms with E-state index in [1.807, 2.05) is 11.8 Å². The molecule has 2 heterocycles. The van der Waals surface area contributed by atoms with Crippen LogP contribution in [0.25, 0.3) is 0 Å². The average molecular weight is 333 g/mol. The van der Waals surface area contributed by atoms with Crippen molar-refractivity contribution in [2.75, 3.05) is 13.1 Å². The molecule has 1 atom stereocenters. The first-order valence-corrected chi connectivity index (χ1v) is 10.6. The number of hydrogen-bond acceptors (Lipinski definition) is 3. The zero-order chi connectivity index (χ0) is 15.9. The summed E-state index contributed by atoms with van der Waals surface area (Å²) < 4.78 is 0. The average Bonchev–Trinajstić information content (AvgIpc) is 2.62. The molecular weight excluding hydrogens is 300 g/mol. The molecule has 128 valence electrons. The first kappa shape index (κ1) is 17.3. The van der Waals surface area contributed by atoms with Crippen molar-refractivity contribution in [3.8, 4) is 0 Å². The third-order valence-electron chi connectivity index (χ3n) is 5.40. The number of rotatable bonds is 6. The molecule has 1 aliphatic heterocycles. The van der Waals surface area contributed by atoms with Crippen molar-refractivity contribution >= 4 is 11.8 Å². The summed E-state index contributed by atoms with van der Waals surface area (Å²) in [6.45, 7) is 4.81. The molecule has 0 aromatic carbocycles. The predicted molar refractivity (Wildman–Crippen MR) is 100 cm³/mol. The van der Waals surface area contributed by atoms with Gasteiger partial charge in [0.05, 0.1) is 5.03 Å². The molecular formula is C20H32N2S. The highest BCUT2D eigenvalue weighted by molar-refractivity contribution is 7.99. The molecule has 3 heteroatoms. The van der Waals surface area contributed by atoms with Gasteiger partial charge in [-0.2, -0.15) is 0 Å². The van der Waals surface area contributed by atoms with Crippen LogP contribution in [-0.4, -0.2) is 28.2 Å². The van der Waals surface area contributed by atoms with Crippen LogP contribution in [-0.2, 0) is 0 Å². The maximum Gasteiger partial charge on any atom is 0.0962 e. The Kier molecular flexibility index (Phi) is 6.82. The van der Waals surface area contributed by atoms with Crippen molar-refractivity contribution in [2.24, 2.45) is 0 Å².